The molecule has 1 aromatic carbocycles. The van der Waals surface area contributed by atoms with Crippen molar-refractivity contribution in [2.45, 2.75) is 25.6 Å². The molecule has 0 bridgehead atoms. The van der Waals surface area contributed by atoms with Gasteiger partial charge in [0, 0.05) is 25.3 Å². The van der Waals surface area contributed by atoms with Crippen LogP contribution in [-0.2, 0) is 6.18 Å². The highest BCUT2D eigenvalue weighted by Crippen LogP contribution is 2.30. The minimum Gasteiger partial charge on any atom is -0.328 e. The molecule has 0 radical (unpaired) electrons. The van der Waals surface area contributed by atoms with Crippen LogP contribution in [0, 0.1) is 0 Å². The van der Waals surface area contributed by atoms with Gasteiger partial charge in [-0.05, 0) is 31.5 Å². The van der Waals surface area contributed by atoms with E-state index < -0.39 is 17.8 Å². The molecule has 112 valence electrons. The second kappa shape index (κ2) is 6.60. The Morgan fingerprint density at radius 1 is 1.45 bits per heavy atom. The van der Waals surface area contributed by atoms with Crippen LogP contribution in [0.5, 0.6) is 0 Å². The summed E-state index contributed by atoms with van der Waals surface area (Å²) < 4.78 is 37.6. The van der Waals surface area contributed by atoms with Gasteiger partial charge in [-0.3, -0.25) is 0 Å². The summed E-state index contributed by atoms with van der Waals surface area (Å²) in [6, 6.07) is 4.00. The summed E-state index contributed by atoms with van der Waals surface area (Å²) in [7, 11) is 1.56. The summed E-state index contributed by atoms with van der Waals surface area (Å²) in [5.74, 6) is 0. The maximum absolute atomic E-state index is 12.5. The first-order valence-electron chi connectivity index (χ1n) is 6.15. The zero-order chi connectivity index (χ0) is 15.3. The molecule has 0 aliphatic heterocycles. The van der Waals surface area contributed by atoms with Gasteiger partial charge >= 0.3 is 12.2 Å². The van der Waals surface area contributed by atoms with E-state index >= 15 is 0 Å². The molecule has 4 nitrogen and oxygen atoms in total. The Kier molecular flexibility index (Phi) is 5.38. The van der Waals surface area contributed by atoms with Gasteiger partial charge in [0.2, 0.25) is 0 Å². The molecule has 7 heteroatoms. The van der Waals surface area contributed by atoms with E-state index in [4.69, 9.17) is 5.73 Å². The Morgan fingerprint density at radius 3 is 2.65 bits per heavy atom. The van der Waals surface area contributed by atoms with Crippen LogP contribution in [0.3, 0.4) is 0 Å². The minimum atomic E-state index is -4.43. The van der Waals surface area contributed by atoms with Gasteiger partial charge in [-0.25, -0.2) is 4.79 Å². The molecule has 2 amide bonds. The number of hydrogen-bond donors (Lipinski definition) is 2. The first-order chi connectivity index (χ1) is 9.20. The smallest absolute Gasteiger partial charge is 0.328 e. The molecule has 20 heavy (non-hydrogen) atoms. The number of urea groups is 1. The van der Waals surface area contributed by atoms with E-state index in [0.717, 1.165) is 12.1 Å². The van der Waals surface area contributed by atoms with Crippen molar-refractivity contribution in [2.75, 3.05) is 18.9 Å². The van der Waals surface area contributed by atoms with Gasteiger partial charge in [0.05, 0.1) is 5.56 Å². The average molecular weight is 289 g/mol. The van der Waals surface area contributed by atoms with Crippen LogP contribution in [0.15, 0.2) is 24.3 Å². The monoisotopic (exact) mass is 289 g/mol. The number of rotatable bonds is 4. The highest BCUT2D eigenvalue weighted by molar-refractivity contribution is 5.89. The Labute approximate surface area is 115 Å². The van der Waals surface area contributed by atoms with Crippen LogP contribution in [0.4, 0.5) is 23.7 Å². The molecular weight excluding hydrogens is 271 g/mol. The van der Waals surface area contributed by atoms with Crippen molar-refractivity contribution in [1.82, 2.24) is 4.90 Å². The third-order valence-corrected chi connectivity index (χ3v) is 2.71. The van der Waals surface area contributed by atoms with Crippen LogP contribution in [0.2, 0.25) is 0 Å². The normalized spacial score (nSPS) is 12.9. The lowest BCUT2D eigenvalue weighted by Crippen LogP contribution is -2.34. The lowest BCUT2D eigenvalue weighted by molar-refractivity contribution is -0.137. The summed E-state index contributed by atoms with van der Waals surface area (Å²) in [5.41, 5.74) is 4.89. The number of nitrogens with zero attached hydrogens (tertiary/aromatic N) is 1. The molecule has 0 fully saturated rings. The third kappa shape index (κ3) is 5.08. The molecule has 0 saturated heterocycles. The fourth-order valence-corrected chi connectivity index (χ4v) is 1.49. The van der Waals surface area contributed by atoms with Gasteiger partial charge in [-0.2, -0.15) is 13.2 Å². The molecular formula is C13H18F3N3O. The lowest BCUT2D eigenvalue weighted by atomic mass is 10.2. The van der Waals surface area contributed by atoms with Crippen molar-refractivity contribution in [3.63, 3.8) is 0 Å². The van der Waals surface area contributed by atoms with E-state index in [2.05, 4.69) is 5.32 Å². The molecule has 0 heterocycles. The molecule has 1 unspecified atom stereocenters. The number of benzene rings is 1. The summed E-state index contributed by atoms with van der Waals surface area (Å²) >= 11 is 0. The van der Waals surface area contributed by atoms with Crippen LogP contribution in [0.1, 0.15) is 18.9 Å². The molecule has 0 aromatic heterocycles. The summed E-state index contributed by atoms with van der Waals surface area (Å²) in [4.78, 5) is 13.2. The largest absolute Gasteiger partial charge is 0.416 e. The van der Waals surface area contributed by atoms with Crippen LogP contribution < -0.4 is 11.1 Å². The van der Waals surface area contributed by atoms with E-state index in [0.29, 0.717) is 13.0 Å². The topological polar surface area (TPSA) is 58.4 Å². The van der Waals surface area contributed by atoms with Crippen molar-refractivity contribution in [3.8, 4) is 0 Å². The number of carbonyl (C=O) groups is 1. The van der Waals surface area contributed by atoms with Gasteiger partial charge in [-0.1, -0.05) is 6.07 Å². The molecule has 1 rings (SSSR count). The average Bonchev–Trinajstić information content (AvgIpc) is 2.35. The van der Waals surface area contributed by atoms with Gasteiger partial charge in [-0.15, -0.1) is 0 Å². The number of anilines is 1. The first-order valence-corrected chi connectivity index (χ1v) is 6.15. The maximum atomic E-state index is 12.5. The number of alkyl halides is 3. The van der Waals surface area contributed by atoms with E-state index in [1.54, 1.807) is 7.05 Å². The Morgan fingerprint density at radius 2 is 2.10 bits per heavy atom. The molecule has 0 saturated carbocycles. The Hall–Kier alpha value is -1.76. The Bertz CT molecular complexity index is 460. The number of amides is 2. The summed E-state index contributed by atoms with van der Waals surface area (Å²) in [5, 5.41) is 2.42. The fourth-order valence-electron chi connectivity index (χ4n) is 1.49. The van der Waals surface area contributed by atoms with Crippen molar-refractivity contribution in [1.29, 1.82) is 0 Å². The second-order valence-corrected chi connectivity index (χ2v) is 4.70. The molecule has 0 aliphatic carbocycles. The fraction of sp³-hybridized carbons (Fsp3) is 0.462. The summed E-state index contributed by atoms with van der Waals surface area (Å²) in [6.45, 7) is 2.25. The van der Waals surface area contributed by atoms with Gasteiger partial charge < -0.3 is 16.0 Å². The van der Waals surface area contributed by atoms with Gasteiger partial charge in [0.15, 0.2) is 0 Å². The van der Waals surface area contributed by atoms with Crippen molar-refractivity contribution >= 4 is 11.7 Å². The number of nitrogens with two attached hydrogens (primary N) is 1. The predicted octanol–water partition coefficient (Wildman–Crippen LogP) is 2.91. The zero-order valence-corrected chi connectivity index (χ0v) is 11.4. The van der Waals surface area contributed by atoms with E-state index in [1.807, 2.05) is 6.92 Å². The Balaban J connectivity index is 2.66. The molecule has 0 aliphatic rings. The first kappa shape index (κ1) is 16.3. The van der Waals surface area contributed by atoms with E-state index in [-0.39, 0.29) is 11.7 Å². The quantitative estimate of drug-likeness (QED) is 0.895. The van der Waals surface area contributed by atoms with Crippen molar-refractivity contribution in [2.24, 2.45) is 5.73 Å². The van der Waals surface area contributed by atoms with Crippen LogP contribution in [0.25, 0.3) is 0 Å². The number of nitrogens with one attached hydrogen (secondary N) is 1. The number of carbonyl (C=O) groups excluding carboxylic acids is 1. The van der Waals surface area contributed by atoms with E-state index in [9.17, 15) is 18.0 Å². The van der Waals surface area contributed by atoms with E-state index in [1.165, 1.54) is 17.0 Å². The van der Waals surface area contributed by atoms with Crippen molar-refractivity contribution < 1.29 is 18.0 Å². The SMILES string of the molecule is CC(N)CCN(C)C(=O)Nc1cccc(C(F)(F)F)c1. The molecule has 3 N–H and O–H groups in total. The van der Waals surface area contributed by atoms with Gasteiger partial charge in [0.1, 0.15) is 0 Å². The highest BCUT2D eigenvalue weighted by Gasteiger charge is 2.30. The van der Waals surface area contributed by atoms with Crippen LogP contribution in [-0.4, -0.2) is 30.6 Å². The maximum Gasteiger partial charge on any atom is 0.416 e. The molecule has 1 atom stereocenters. The standard InChI is InChI=1S/C13H18F3N3O/c1-9(17)6-7-19(2)12(20)18-11-5-3-4-10(8-11)13(14,15)16/h3-5,8-9H,6-7,17H2,1-2H3,(H,18,20). The molecule has 1 aromatic rings. The third-order valence-electron chi connectivity index (χ3n) is 2.71. The predicted molar refractivity (Wildman–Crippen MR) is 71.4 cm³/mol. The van der Waals surface area contributed by atoms with Crippen LogP contribution >= 0.6 is 0 Å². The number of hydrogen-bond acceptors (Lipinski definition) is 2. The number of halogens is 3. The lowest BCUT2D eigenvalue weighted by Gasteiger charge is -2.19. The second-order valence-electron chi connectivity index (χ2n) is 4.70. The molecule has 0 spiro atoms. The van der Waals surface area contributed by atoms with Gasteiger partial charge in [0.25, 0.3) is 0 Å². The zero-order valence-electron chi connectivity index (χ0n) is 11.4. The summed E-state index contributed by atoms with van der Waals surface area (Å²) in [6.07, 6.45) is -3.81. The highest BCUT2D eigenvalue weighted by atomic mass is 19.4. The minimum absolute atomic E-state index is 0.0428. The van der Waals surface area contributed by atoms with Crippen molar-refractivity contribution in [3.05, 3.63) is 29.8 Å².